The average molecular weight is 435 g/mol. The van der Waals surface area contributed by atoms with Crippen molar-refractivity contribution in [2.24, 2.45) is 0 Å². The van der Waals surface area contributed by atoms with Crippen molar-refractivity contribution in [3.63, 3.8) is 0 Å². The van der Waals surface area contributed by atoms with Gasteiger partial charge in [0.1, 0.15) is 0 Å². The van der Waals surface area contributed by atoms with Crippen LogP contribution < -0.4 is 10.6 Å². The van der Waals surface area contributed by atoms with E-state index in [1.54, 1.807) is 6.20 Å². The Morgan fingerprint density at radius 3 is 2.55 bits per heavy atom. The third kappa shape index (κ3) is 5.00. The molecule has 1 aromatic carbocycles. The highest BCUT2D eigenvalue weighted by molar-refractivity contribution is 7.80. The lowest BCUT2D eigenvalue weighted by Crippen LogP contribution is -2.19. The molecule has 160 valence electrons. The van der Waals surface area contributed by atoms with Crippen LogP contribution in [0.5, 0.6) is 0 Å². The van der Waals surface area contributed by atoms with Gasteiger partial charge in [-0.3, -0.25) is 14.0 Å². The molecule has 0 bridgehead atoms. The summed E-state index contributed by atoms with van der Waals surface area (Å²) >= 11 is 5.43. The van der Waals surface area contributed by atoms with E-state index in [2.05, 4.69) is 58.8 Å². The third-order valence-corrected chi connectivity index (χ3v) is 5.41. The predicted octanol–water partition coefficient (Wildman–Crippen LogP) is 3.82. The number of anilines is 2. The Kier molecular flexibility index (Phi) is 6.13. The fourth-order valence-corrected chi connectivity index (χ4v) is 3.63. The van der Waals surface area contributed by atoms with Gasteiger partial charge in [-0.25, -0.2) is 0 Å². The van der Waals surface area contributed by atoms with Crippen molar-refractivity contribution in [1.82, 2.24) is 29.3 Å². The molecular formula is C22H26N8S. The topological polar surface area (TPSA) is 77.5 Å². The Morgan fingerprint density at radius 1 is 0.968 bits per heavy atom. The molecule has 31 heavy (non-hydrogen) atoms. The van der Waals surface area contributed by atoms with Crippen LogP contribution in [-0.2, 0) is 19.6 Å². The zero-order valence-corrected chi connectivity index (χ0v) is 18.7. The van der Waals surface area contributed by atoms with Crippen molar-refractivity contribution in [3.8, 4) is 0 Å². The highest BCUT2D eigenvalue weighted by Gasteiger charge is 2.09. The minimum atomic E-state index is 0.468. The maximum Gasteiger partial charge on any atom is 0.176 e. The summed E-state index contributed by atoms with van der Waals surface area (Å²) in [4.78, 5) is 0. The summed E-state index contributed by atoms with van der Waals surface area (Å²) in [6.07, 6.45) is 7.51. The molecule has 0 aliphatic carbocycles. The van der Waals surface area contributed by atoms with Crippen LogP contribution in [0.2, 0.25) is 0 Å². The van der Waals surface area contributed by atoms with Gasteiger partial charge in [-0.1, -0.05) is 24.3 Å². The monoisotopic (exact) mass is 434 g/mol. The quantitative estimate of drug-likeness (QED) is 0.431. The highest BCUT2D eigenvalue weighted by Crippen LogP contribution is 2.13. The third-order valence-electron chi connectivity index (χ3n) is 5.20. The van der Waals surface area contributed by atoms with E-state index in [1.165, 1.54) is 11.1 Å². The maximum absolute atomic E-state index is 5.43. The SMILES string of the molecule is CCn1ncc(Cn2cc(NC(=S)Nc3ccn(Cc4ccccc4C)n3)cn2)c1C. The van der Waals surface area contributed by atoms with Gasteiger partial charge >= 0.3 is 0 Å². The molecule has 3 heterocycles. The number of hydrogen-bond acceptors (Lipinski definition) is 4. The molecule has 4 rings (SSSR count). The van der Waals surface area contributed by atoms with E-state index >= 15 is 0 Å². The molecule has 2 N–H and O–H groups in total. The van der Waals surface area contributed by atoms with E-state index in [-0.39, 0.29) is 0 Å². The summed E-state index contributed by atoms with van der Waals surface area (Å²) < 4.78 is 5.74. The van der Waals surface area contributed by atoms with E-state index in [0.29, 0.717) is 17.5 Å². The number of hydrogen-bond donors (Lipinski definition) is 2. The van der Waals surface area contributed by atoms with Gasteiger partial charge in [0.25, 0.3) is 0 Å². The molecule has 0 amide bonds. The first kappa shape index (κ1) is 20.8. The number of nitrogens with zero attached hydrogens (tertiary/aromatic N) is 6. The molecule has 0 saturated carbocycles. The molecule has 9 heteroatoms. The summed E-state index contributed by atoms with van der Waals surface area (Å²) in [7, 11) is 0. The van der Waals surface area contributed by atoms with Crippen molar-refractivity contribution in [1.29, 1.82) is 0 Å². The van der Waals surface area contributed by atoms with Crippen molar-refractivity contribution >= 4 is 28.8 Å². The molecule has 0 saturated heterocycles. The lowest BCUT2D eigenvalue weighted by Gasteiger charge is -2.07. The molecule has 0 radical (unpaired) electrons. The van der Waals surface area contributed by atoms with Crippen LogP contribution >= 0.6 is 12.2 Å². The summed E-state index contributed by atoms with van der Waals surface area (Å²) in [6, 6.07) is 10.2. The molecule has 0 unspecified atom stereocenters. The molecule has 0 aliphatic rings. The number of nitrogens with one attached hydrogen (secondary N) is 2. The van der Waals surface area contributed by atoms with Crippen LogP contribution in [0.15, 0.2) is 55.1 Å². The van der Waals surface area contributed by atoms with E-state index in [4.69, 9.17) is 12.2 Å². The molecule has 0 spiro atoms. The molecule has 4 aromatic rings. The van der Waals surface area contributed by atoms with Crippen LogP contribution in [-0.4, -0.2) is 34.5 Å². The maximum atomic E-state index is 5.43. The van der Waals surface area contributed by atoms with Crippen molar-refractivity contribution in [3.05, 3.63) is 77.5 Å². The van der Waals surface area contributed by atoms with Gasteiger partial charge in [0.05, 0.1) is 31.2 Å². The van der Waals surface area contributed by atoms with Gasteiger partial charge in [-0.15, -0.1) is 0 Å². The first-order valence-electron chi connectivity index (χ1n) is 10.2. The van der Waals surface area contributed by atoms with E-state index in [9.17, 15) is 0 Å². The molecule has 3 aromatic heterocycles. The van der Waals surface area contributed by atoms with Crippen LogP contribution in [0.4, 0.5) is 11.5 Å². The second kappa shape index (κ2) is 9.13. The predicted molar refractivity (Wildman–Crippen MR) is 126 cm³/mol. The summed E-state index contributed by atoms with van der Waals surface area (Å²) in [5, 5.41) is 20.1. The molecule has 0 atom stereocenters. The van der Waals surface area contributed by atoms with Crippen LogP contribution in [0, 0.1) is 13.8 Å². The van der Waals surface area contributed by atoms with Crippen molar-refractivity contribution in [2.45, 2.75) is 40.4 Å². The van der Waals surface area contributed by atoms with E-state index in [0.717, 1.165) is 30.0 Å². The smallest absolute Gasteiger partial charge is 0.176 e. The Labute approximate surface area is 186 Å². The van der Waals surface area contributed by atoms with Crippen LogP contribution in [0.25, 0.3) is 0 Å². The Morgan fingerprint density at radius 2 is 1.77 bits per heavy atom. The molecule has 0 fully saturated rings. The van der Waals surface area contributed by atoms with E-state index in [1.807, 2.05) is 50.8 Å². The fraction of sp³-hybridized carbons (Fsp3) is 0.273. The van der Waals surface area contributed by atoms with Gasteiger partial charge in [0.2, 0.25) is 0 Å². The normalized spacial score (nSPS) is 10.9. The number of thiocarbonyl (C=S) groups is 1. The Bertz CT molecular complexity index is 1190. The van der Waals surface area contributed by atoms with Crippen molar-refractivity contribution < 1.29 is 0 Å². The zero-order valence-electron chi connectivity index (χ0n) is 17.9. The highest BCUT2D eigenvalue weighted by atomic mass is 32.1. The first-order valence-corrected chi connectivity index (χ1v) is 10.6. The van der Waals surface area contributed by atoms with Gasteiger partial charge in [-0.05, 0) is 44.1 Å². The lowest BCUT2D eigenvalue weighted by atomic mass is 10.1. The Hall–Kier alpha value is -3.46. The second-order valence-electron chi connectivity index (χ2n) is 7.40. The van der Waals surface area contributed by atoms with E-state index < -0.39 is 0 Å². The van der Waals surface area contributed by atoms with Gasteiger partial charge in [0, 0.05) is 36.3 Å². The summed E-state index contributed by atoms with van der Waals surface area (Å²) in [5.74, 6) is 0.695. The van der Waals surface area contributed by atoms with Gasteiger partial charge in [-0.2, -0.15) is 15.3 Å². The average Bonchev–Trinajstić information content (AvgIpc) is 3.46. The Balaban J connectivity index is 1.33. The number of aromatic nitrogens is 6. The lowest BCUT2D eigenvalue weighted by molar-refractivity contribution is 0.633. The second-order valence-corrected chi connectivity index (χ2v) is 7.81. The van der Waals surface area contributed by atoms with Crippen LogP contribution in [0.3, 0.4) is 0 Å². The van der Waals surface area contributed by atoms with Crippen molar-refractivity contribution in [2.75, 3.05) is 10.6 Å². The number of aryl methyl sites for hydroxylation is 2. The fourth-order valence-electron chi connectivity index (χ4n) is 3.41. The largest absolute Gasteiger partial charge is 0.330 e. The molecular weight excluding hydrogens is 408 g/mol. The summed E-state index contributed by atoms with van der Waals surface area (Å²) in [5.41, 5.74) is 5.61. The molecule has 0 aliphatic heterocycles. The standard InChI is InChI=1S/C22H26N8S/c1-4-30-17(3)19(11-24-30)14-29-15-20(12-23-29)25-22(31)26-21-9-10-28(27-21)13-18-8-6-5-7-16(18)2/h5-12,15H,4,13-14H2,1-3H3,(H2,25,26,27,31). The number of rotatable bonds is 7. The minimum Gasteiger partial charge on any atom is -0.330 e. The summed E-state index contributed by atoms with van der Waals surface area (Å²) in [6.45, 7) is 8.50. The zero-order chi connectivity index (χ0) is 21.8. The first-order chi connectivity index (χ1) is 15.0. The minimum absolute atomic E-state index is 0.468. The van der Waals surface area contributed by atoms with Crippen LogP contribution in [0.1, 0.15) is 29.3 Å². The van der Waals surface area contributed by atoms with Gasteiger partial charge in [0.15, 0.2) is 10.9 Å². The number of benzene rings is 1. The molecule has 8 nitrogen and oxygen atoms in total. The van der Waals surface area contributed by atoms with Gasteiger partial charge < -0.3 is 10.6 Å².